The van der Waals surface area contributed by atoms with Gasteiger partial charge < -0.3 is 16.0 Å². The predicted octanol–water partition coefficient (Wildman–Crippen LogP) is 8.57. The van der Waals surface area contributed by atoms with Crippen LogP contribution in [0.4, 0.5) is 47.8 Å². The summed E-state index contributed by atoms with van der Waals surface area (Å²) in [6, 6.07) is 5.65. The minimum absolute atomic E-state index is 0. The van der Waals surface area contributed by atoms with E-state index in [4.69, 9.17) is 46.4 Å². The van der Waals surface area contributed by atoms with Gasteiger partial charge in [0.2, 0.25) is 5.91 Å². The molecule has 3 N–H and O–H groups in total. The van der Waals surface area contributed by atoms with Gasteiger partial charge in [-0.15, -0.1) is 23.2 Å². The molecule has 3 aromatic carbocycles. The Morgan fingerprint density at radius 1 is 0.786 bits per heavy atom. The molecule has 228 valence electrons. The van der Waals surface area contributed by atoms with Gasteiger partial charge in [0.05, 0.1) is 32.9 Å². The molecule has 1 saturated carbocycles. The van der Waals surface area contributed by atoms with Crippen LogP contribution in [-0.4, -0.2) is 28.2 Å². The monoisotopic (exact) mass is 681 g/mol. The fraction of sp³-hybridized carbons (Fsp3) is 0.160. The van der Waals surface area contributed by atoms with Gasteiger partial charge in [-0.3, -0.25) is 14.4 Å². The van der Waals surface area contributed by atoms with Gasteiger partial charge in [0.1, 0.15) is 27.6 Å². The average molecular weight is 683 g/mol. The third-order valence-corrected chi connectivity index (χ3v) is 7.60. The van der Waals surface area contributed by atoms with Crippen LogP contribution in [0, 0.1) is 29.2 Å². The number of amides is 3. The van der Waals surface area contributed by atoms with Crippen molar-refractivity contribution in [3.8, 4) is 0 Å². The summed E-state index contributed by atoms with van der Waals surface area (Å²) in [7, 11) is 0. The van der Waals surface area contributed by atoms with E-state index < -0.39 is 85.3 Å². The smallest absolute Gasteiger partial charge is 0.326 e. The molecule has 0 radical (unpaired) electrons. The molecule has 3 amide bonds. The molecule has 6 nitrogen and oxygen atoms in total. The Labute approximate surface area is 255 Å². The number of halogens is 11. The third kappa shape index (κ3) is 6.38. The lowest BCUT2D eigenvalue weighted by atomic mass is 10.1. The van der Waals surface area contributed by atoms with Crippen LogP contribution < -0.4 is 16.0 Å². The molecule has 17 heteroatoms. The van der Waals surface area contributed by atoms with Crippen molar-refractivity contribution in [3.05, 3.63) is 86.9 Å². The zero-order valence-electron chi connectivity index (χ0n) is 20.1. The Bertz CT molecular complexity index is 1650. The Morgan fingerprint density at radius 2 is 1.40 bits per heavy atom. The lowest BCUT2D eigenvalue weighted by Crippen LogP contribution is -2.30. The molecule has 1 fully saturated rings. The standard InChI is InChI=1S/C25H12Cl4F7N3O3.3H2/c26-11-3-8(1-2-12(11)30)18-19(24(18,28)29)22(41)37-9-4-10(20(27)15(33)5-9)21(40)38-16-7-17(14(32)6-13(16)31)39-23(42)25(34,35)36;;;/h1-7,18-19H,(H,37,41)(H,38,40)(H,39,42);3*1H/t18-,19+;;;/m0.../s1. The van der Waals surface area contributed by atoms with E-state index in [1.165, 1.54) is 17.4 Å². The molecule has 0 bridgehead atoms. The molecule has 4 rings (SSSR count). The lowest BCUT2D eigenvalue weighted by Gasteiger charge is -2.14. The quantitative estimate of drug-likeness (QED) is 0.180. The second-order valence-electron chi connectivity index (χ2n) is 8.83. The molecule has 0 aliphatic heterocycles. The van der Waals surface area contributed by atoms with E-state index in [0.29, 0.717) is 11.6 Å². The van der Waals surface area contributed by atoms with Crippen LogP contribution in [0.25, 0.3) is 0 Å². The predicted molar refractivity (Wildman–Crippen MR) is 147 cm³/mol. The summed E-state index contributed by atoms with van der Waals surface area (Å²) in [5, 5.41) is 4.33. The number of hydrogen-bond donors (Lipinski definition) is 3. The Balaban J connectivity index is 0.00000337. The van der Waals surface area contributed by atoms with Crippen molar-refractivity contribution in [1.82, 2.24) is 0 Å². The van der Waals surface area contributed by atoms with E-state index in [0.717, 1.165) is 18.2 Å². The molecule has 0 spiro atoms. The number of alkyl halides is 5. The largest absolute Gasteiger partial charge is 0.471 e. The SMILES string of the molecule is O=C(Nc1cc(NC(=O)C(F)(F)F)c(F)cc1F)c1cc(NC(=O)[C@H]2[C@H](c3ccc(F)c(Cl)c3)C2(Cl)Cl)cc(F)c1Cl.[HH].[HH].[HH]. The Morgan fingerprint density at radius 3 is 2.00 bits per heavy atom. The molecule has 3 aromatic rings. The van der Waals surface area contributed by atoms with E-state index >= 15 is 0 Å². The number of carbonyl (C=O) groups excluding carboxylic acids is 3. The fourth-order valence-corrected chi connectivity index (χ4v) is 5.16. The second kappa shape index (κ2) is 11.4. The number of rotatable bonds is 6. The molecule has 1 aliphatic rings. The highest BCUT2D eigenvalue weighted by Gasteiger charge is 2.67. The van der Waals surface area contributed by atoms with Crippen LogP contribution in [0.15, 0.2) is 42.5 Å². The van der Waals surface area contributed by atoms with Crippen molar-refractivity contribution in [1.29, 1.82) is 0 Å². The number of hydrogen-bond acceptors (Lipinski definition) is 3. The van der Waals surface area contributed by atoms with Gasteiger partial charge in [-0.05, 0) is 35.9 Å². The summed E-state index contributed by atoms with van der Waals surface area (Å²) in [5.74, 6) is -11.7. The summed E-state index contributed by atoms with van der Waals surface area (Å²) in [6.07, 6.45) is -5.40. The van der Waals surface area contributed by atoms with Crippen LogP contribution in [0.5, 0.6) is 0 Å². The minimum Gasteiger partial charge on any atom is -0.326 e. The molecule has 1 aliphatic carbocycles. The van der Waals surface area contributed by atoms with Gasteiger partial charge in [0.15, 0.2) is 0 Å². The van der Waals surface area contributed by atoms with Crippen molar-refractivity contribution in [2.24, 2.45) is 5.92 Å². The average Bonchev–Trinajstić information content (AvgIpc) is 3.46. The normalized spacial score (nSPS) is 17.4. The zero-order chi connectivity index (χ0) is 31.3. The van der Waals surface area contributed by atoms with Crippen molar-refractivity contribution in [2.45, 2.75) is 16.4 Å². The topological polar surface area (TPSA) is 87.3 Å². The molecular formula is C25H18Cl4F7N3O3. The first kappa shape index (κ1) is 31.7. The summed E-state index contributed by atoms with van der Waals surface area (Å²) >= 11 is 24.1. The van der Waals surface area contributed by atoms with Gasteiger partial charge in [0, 0.05) is 22.0 Å². The summed E-state index contributed by atoms with van der Waals surface area (Å²) in [4.78, 5) is 36.9. The molecule has 2 atom stereocenters. The molecular weight excluding hydrogens is 665 g/mol. The van der Waals surface area contributed by atoms with Gasteiger partial charge in [-0.2, -0.15) is 13.2 Å². The van der Waals surface area contributed by atoms with Crippen molar-refractivity contribution in [3.63, 3.8) is 0 Å². The van der Waals surface area contributed by atoms with Crippen LogP contribution >= 0.6 is 46.4 Å². The highest BCUT2D eigenvalue weighted by atomic mass is 35.5. The van der Waals surface area contributed by atoms with Crippen LogP contribution in [0.3, 0.4) is 0 Å². The van der Waals surface area contributed by atoms with E-state index in [9.17, 15) is 45.1 Å². The molecule has 0 heterocycles. The highest BCUT2D eigenvalue weighted by Crippen LogP contribution is 2.65. The van der Waals surface area contributed by atoms with Crippen molar-refractivity contribution >= 4 is 81.2 Å². The van der Waals surface area contributed by atoms with Gasteiger partial charge in [-0.1, -0.05) is 29.3 Å². The molecule has 0 saturated heterocycles. The van der Waals surface area contributed by atoms with E-state index in [2.05, 4.69) is 5.32 Å². The van der Waals surface area contributed by atoms with Crippen LogP contribution in [0.1, 0.15) is 26.1 Å². The maximum Gasteiger partial charge on any atom is 0.471 e. The first-order valence-electron chi connectivity index (χ1n) is 11.2. The minimum atomic E-state index is -5.40. The fourth-order valence-electron chi connectivity index (χ4n) is 3.94. The maximum atomic E-state index is 14.6. The van der Waals surface area contributed by atoms with Gasteiger partial charge in [0.25, 0.3) is 5.91 Å². The molecule has 0 unspecified atom stereocenters. The first-order valence-corrected chi connectivity index (χ1v) is 12.7. The molecule has 42 heavy (non-hydrogen) atoms. The number of anilines is 3. The van der Waals surface area contributed by atoms with E-state index in [-0.39, 0.29) is 21.1 Å². The maximum absolute atomic E-state index is 14.6. The number of benzene rings is 3. The Kier molecular flexibility index (Phi) is 8.62. The van der Waals surface area contributed by atoms with Crippen molar-refractivity contribution < 1.29 is 49.4 Å². The van der Waals surface area contributed by atoms with E-state index in [1.54, 1.807) is 0 Å². The lowest BCUT2D eigenvalue weighted by molar-refractivity contribution is -0.167. The van der Waals surface area contributed by atoms with Crippen LogP contribution in [-0.2, 0) is 9.59 Å². The molecule has 0 aromatic heterocycles. The zero-order valence-corrected chi connectivity index (χ0v) is 23.1. The van der Waals surface area contributed by atoms with Gasteiger partial charge in [-0.25, -0.2) is 17.6 Å². The highest BCUT2D eigenvalue weighted by molar-refractivity contribution is 6.53. The summed E-state index contributed by atoms with van der Waals surface area (Å²) in [6.45, 7) is 0. The Hall–Kier alpha value is -3.26. The first-order chi connectivity index (χ1) is 19.4. The van der Waals surface area contributed by atoms with Crippen LogP contribution in [0.2, 0.25) is 10.0 Å². The third-order valence-electron chi connectivity index (χ3n) is 5.99. The second-order valence-corrected chi connectivity index (χ2v) is 11.1. The van der Waals surface area contributed by atoms with Gasteiger partial charge >= 0.3 is 12.1 Å². The number of carbonyl (C=O) groups is 3. The summed E-state index contributed by atoms with van der Waals surface area (Å²) in [5.41, 5.74) is -2.72. The van der Waals surface area contributed by atoms with Crippen molar-refractivity contribution in [2.75, 3.05) is 16.0 Å². The van der Waals surface area contributed by atoms with E-state index in [1.807, 2.05) is 5.32 Å². The number of nitrogens with one attached hydrogen (secondary N) is 3. The summed E-state index contributed by atoms with van der Waals surface area (Å²) < 4.78 is 92.3.